The van der Waals surface area contributed by atoms with E-state index in [0.717, 1.165) is 44.2 Å². The molecule has 1 aromatic rings. The second-order valence-electron chi connectivity index (χ2n) is 6.27. The Balaban J connectivity index is 2.01. The molecule has 1 aromatic heterocycles. The minimum absolute atomic E-state index is 0.254. The van der Waals surface area contributed by atoms with Gasteiger partial charge in [0.05, 0.1) is 6.54 Å². The van der Waals surface area contributed by atoms with Gasteiger partial charge in [0, 0.05) is 37.3 Å². The van der Waals surface area contributed by atoms with E-state index in [4.69, 9.17) is 4.42 Å². The van der Waals surface area contributed by atoms with Crippen LogP contribution in [-0.2, 0) is 13.1 Å². The molecule has 0 amide bonds. The first-order valence-corrected chi connectivity index (χ1v) is 7.09. The molecule has 1 saturated heterocycles. The van der Waals surface area contributed by atoms with Crippen LogP contribution in [-0.4, -0.2) is 49.1 Å². The second kappa shape index (κ2) is 5.65. The van der Waals surface area contributed by atoms with E-state index >= 15 is 0 Å². The molecule has 0 spiro atoms. The molecule has 0 radical (unpaired) electrons. The fourth-order valence-corrected chi connectivity index (χ4v) is 2.72. The summed E-state index contributed by atoms with van der Waals surface area (Å²) in [4.78, 5) is 4.97. The van der Waals surface area contributed by atoms with Crippen LogP contribution in [0.1, 0.15) is 30.9 Å². The average Bonchev–Trinajstić information content (AvgIpc) is 2.65. The third-order valence-electron chi connectivity index (χ3n) is 4.21. The molecule has 0 unspecified atom stereocenters. The topological polar surface area (TPSA) is 31.6 Å². The van der Waals surface area contributed by atoms with E-state index in [1.807, 2.05) is 7.05 Å². The molecular weight excluding hydrogens is 238 g/mol. The minimum Gasteiger partial charge on any atom is -0.465 e. The van der Waals surface area contributed by atoms with Crippen LogP contribution in [0.25, 0.3) is 0 Å². The van der Waals surface area contributed by atoms with Crippen LogP contribution >= 0.6 is 0 Å². The number of furan rings is 1. The predicted octanol–water partition coefficient (Wildman–Crippen LogP) is 1.83. The first-order valence-electron chi connectivity index (χ1n) is 7.09. The van der Waals surface area contributed by atoms with Crippen LogP contribution < -0.4 is 5.32 Å². The fraction of sp³-hybridized carbons (Fsp3) is 0.733. The highest BCUT2D eigenvalue weighted by Gasteiger charge is 2.31. The van der Waals surface area contributed by atoms with Crippen LogP contribution in [0.5, 0.6) is 0 Å². The molecule has 19 heavy (non-hydrogen) atoms. The SMILES string of the molecule is CNCc1cc(CN2CCN(C)C(C)(C)C2)c(C)o1. The molecule has 0 saturated carbocycles. The lowest BCUT2D eigenvalue weighted by atomic mass is 9.99. The minimum atomic E-state index is 0.254. The van der Waals surface area contributed by atoms with Crippen LogP contribution in [0.2, 0.25) is 0 Å². The third kappa shape index (κ3) is 3.38. The van der Waals surface area contributed by atoms with Crippen LogP contribution in [0, 0.1) is 6.92 Å². The van der Waals surface area contributed by atoms with Gasteiger partial charge < -0.3 is 9.73 Å². The van der Waals surface area contributed by atoms with Crippen molar-refractivity contribution in [1.82, 2.24) is 15.1 Å². The summed E-state index contributed by atoms with van der Waals surface area (Å²) in [7, 11) is 4.16. The van der Waals surface area contributed by atoms with Gasteiger partial charge >= 0.3 is 0 Å². The van der Waals surface area contributed by atoms with Crippen molar-refractivity contribution in [2.75, 3.05) is 33.7 Å². The molecule has 1 fully saturated rings. The first-order chi connectivity index (χ1) is 8.92. The molecule has 108 valence electrons. The van der Waals surface area contributed by atoms with E-state index in [0.29, 0.717) is 0 Å². The monoisotopic (exact) mass is 265 g/mol. The molecular formula is C15H27N3O. The summed E-state index contributed by atoms with van der Waals surface area (Å²) in [6.45, 7) is 11.9. The Morgan fingerprint density at radius 1 is 1.37 bits per heavy atom. The highest BCUT2D eigenvalue weighted by Crippen LogP contribution is 2.22. The summed E-state index contributed by atoms with van der Waals surface area (Å²) in [5.74, 6) is 2.09. The lowest BCUT2D eigenvalue weighted by molar-refractivity contribution is 0.0358. The maximum Gasteiger partial charge on any atom is 0.118 e. The van der Waals surface area contributed by atoms with Crippen molar-refractivity contribution >= 4 is 0 Å². The Kier molecular flexibility index (Phi) is 4.33. The van der Waals surface area contributed by atoms with Gasteiger partial charge in [0.15, 0.2) is 0 Å². The number of nitrogens with zero attached hydrogens (tertiary/aromatic N) is 2. The van der Waals surface area contributed by atoms with Gasteiger partial charge in [-0.25, -0.2) is 0 Å². The Bertz CT molecular complexity index is 425. The molecule has 1 aliphatic heterocycles. The smallest absolute Gasteiger partial charge is 0.118 e. The van der Waals surface area contributed by atoms with Gasteiger partial charge in [0.2, 0.25) is 0 Å². The lowest BCUT2D eigenvalue weighted by Gasteiger charge is -2.45. The van der Waals surface area contributed by atoms with Gasteiger partial charge in [-0.2, -0.15) is 0 Å². The number of hydrogen-bond acceptors (Lipinski definition) is 4. The molecule has 0 bridgehead atoms. The predicted molar refractivity (Wildman–Crippen MR) is 78.2 cm³/mol. The van der Waals surface area contributed by atoms with Crippen LogP contribution in [0.3, 0.4) is 0 Å². The summed E-state index contributed by atoms with van der Waals surface area (Å²) in [5, 5.41) is 3.13. The van der Waals surface area contributed by atoms with Gasteiger partial charge in [0.25, 0.3) is 0 Å². The zero-order valence-corrected chi connectivity index (χ0v) is 12.9. The van der Waals surface area contributed by atoms with Gasteiger partial charge in [-0.1, -0.05) is 0 Å². The van der Waals surface area contributed by atoms with Crippen molar-refractivity contribution in [3.8, 4) is 0 Å². The molecule has 2 rings (SSSR count). The van der Waals surface area contributed by atoms with Gasteiger partial charge in [-0.05, 0) is 40.9 Å². The number of piperazine rings is 1. The zero-order valence-electron chi connectivity index (χ0n) is 12.9. The maximum absolute atomic E-state index is 5.77. The highest BCUT2D eigenvalue weighted by molar-refractivity contribution is 5.21. The Morgan fingerprint density at radius 2 is 2.11 bits per heavy atom. The van der Waals surface area contributed by atoms with Crippen molar-refractivity contribution in [2.45, 2.75) is 39.4 Å². The molecule has 0 atom stereocenters. The molecule has 4 nitrogen and oxygen atoms in total. The average molecular weight is 265 g/mol. The molecule has 1 N–H and O–H groups in total. The molecule has 0 aliphatic carbocycles. The standard InChI is InChI=1S/C15H27N3O/c1-12-13(8-14(19-12)9-16-4)10-18-7-6-17(5)15(2,3)11-18/h8,16H,6-7,9-11H2,1-5H3. The summed E-state index contributed by atoms with van der Waals surface area (Å²) in [6.07, 6.45) is 0. The molecule has 4 heteroatoms. The molecule has 0 aromatic carbocycles. The van der Waals surface area contributed by atoms with E-state index in [1.54, 1.807) is 0 Å². The Labute approximate surface area is 116 Å². The number of rotatable bonds is 4. The number of aryl methyl sites for hydroxylation is 1. The summed E-state index contributed by atoms with van der Waals surface area (Å²) >= 11 is 0. The zero-order chi connectivity index (χ0) is 14.0. The van der Waals surface area contributed by atoms with Crippen molar-refractivity contribution < 1.29 is 4.42 Å². The first kappa shape index (κ1) is 14.6. The Morgan fingerprint density at radius 3 is 2.74 bits per heavy atom. The van der Waals surface area contributed by atoms with Crippen molar-refractivity contribution in [2.24, 2.45) is 0 Å². The number of hydrogen-bond donors (Lipinski definition) is 1. The molecule has 2 heterocycles. The fourth-order valence-electron chi connectivity index (χ4n) is 2.72. The summed E-state index contributed by atoms with van der Waals surface area (Å²) in [6, 6.07) is 2.19. The van der Waals surface area contributed by atoms with Crippen LogP contribution in [0.4, 0.5) is 0 Å². The quantitative estimate of drug-likeness (QED) is 0.900. The van der Waals surface area contributed by atoms with E-state index in [-0.39, 0.29) is 5.54 Å². The molecule has 1 aliphatic rings. The normalized spacial score (nSPS) is 20.9. The van der Waals surface area contributed by atoms with Gasteiger partial charge in [-0.3, -0.25) is 9.80 Å². The van der Waals surface area contributed by atoms with Gasteiger partial charge in [0.1, 0.15) is 11.5 Å². The summed E-state index contributed by atoms with van der Waals surface area (Å²) in [5.41, 5.74) is 1.58. The second-order valence-corrected chi connectivity index (χ2v) is 6.27. The van der Waals surface area contributed by atoms with Crippen molar-refractivity contribution in [3.05, 3.63) is 23.2 Å². The van der Waals surface area contributed by atoms with E-state index in [2.05, 4.69) is 49.0 Å². The number of nitrogens with one attached hydrogen (secondary N) is 1. The third-order valence-corrected chi connectivity index (χ3v) is 4.21. The maximum atomic E-state index is 5.77. The largest absolute Gasteiger partial charge is 0.465 e. The van der Waals surface area contributed by atoms with Crippen molar-refractivity contribution in [3.63, 3.8) is 0 Å². The van der Waals surface area contributed by atoms with E-state index in [9.17, 15) is 0 Å². The lowest BCUT2D eigenvalue weighted by Crippen LogP contribution is -2.57. The van der Waals surface area contributed by atoms with E-state index < -0.39 is 0 Å². The van der Waals surface area contributed by atoms with Crippen molar-refractivity contribution in [1.29, 1.82) is 0 Å². The Hall–Kier alpha value is -0.840. The van der Waals surface area contributed by atoms with Gasteiger partial charge in [-0.15, -0.1) is 0 Å². The number of likely N-dealkylation sites (N-methyl/N-ethyl adjacent to an activating group) is 1. The summed E-state index contributed by atoms with van der Waals surface area (Å²) < 4.78 is 5.77. The van der Waals surface area contributed by atoms with Crippen LogP contribution in [0.15, 0.2) is 10.5 Å². The van der Waals surface area contributed by atoms with E-state index in [1.165, 1.54) is 5.56 Å². The highest BCUT2D eigenvalue weighted by atomic mass is 16.3.